The van der Waals surface area contributed by atoms with Gasteiger partial charge in [0, 0.05) is 25.0 Å². The minimum atomic E-state index is -4.72. The van der Waals surface area contributed by atoms with Gasteiger partial charge >= 0.3 is 6.18 Å². The fraction of sp³-hybridized carbons (Fsp3) is 0.391. The maximum Gasteiger partial charge on any atom is 0.419 e. The van der Waals surface area contributed by atoms with Crippen molar-refractivity contribution in [2.24, 2.45) is 0 Å². The highest BCUT2D eigenvalue weighted by Gasteiger charge is 2.33. The van der Waals surface area contributed by atoms with Gasteiger partial charge in [-0.05, 0) is 55.3 Å². The molecule has 1 aliphatic rings. The molecule has 1 aromatic carbocycles. The van der Waals surface area contributed by atoms with E-state index in [-0.39, 0.29) is 12.1 Å². The lowest BCUT2D eigenvalue weighted by Gasteiger charge is -2.22. The van der Waals surface area contributed by atoms with Gasteiger partial charge in [0.2, 0.25) is 6.41 Å². The largest absolute Gasteiger partial charge is 0.419 e. The molecule has 2 heterocycles. The Morgan fingerprint density at radius 3 is 2.41 bits per heavy atom. The molecule has 0 unspecified atom stereocenters. The van der Waals surface area contributed by atoms with Gasteiger partial charge in [0.05, 0.1) is 16.3 Å². The summed E-state index contributed by atoms with van der Waals surface area (Å²) in [6.45, 7) is 8.18. The van der Waals surface area contributed by atoms with Crippen molar-refractivity contribution in [2.75, 3.05) is 25.5 Å². The molecule has 1 aromatic heterocycles. The Morgan fingerprint density at radius 2 is 1.94 bits per heavy atom. The predicted octanol–water partition coefficient (Wildman–Crippen LogP) is 6.46. The second-order valence-electron chi connectivity index (χ2n) is 6.72. The van der Waals surface area contributed by atoms with Crippen LogP contribution < -0.4 is 5.32 Å². The fourth-order valence-electron chi connectivity index (χ4n) is 2.80. The quantitative estimate of drug-likeness (QED) is 0.409. The normalized spacial score (nSPS) is 13.7. The van der Waals surface area contributed by atoms with Crippen LogP contribution in [0.2, 0.25) is 5.02 Å². The summed E-state index contributed by atoms with van der Waals surface area (Å²) in [5.74, 6) is -1.41. The molecule has 0 fully saturated rings. The number of aryl methyl sites for hydroxylation is 1. The van der Waals surface area contributed by atoms with Gasteiger partial charge in [0.25, 0.3) is 0 Å². The van der Waals surface area contributed by atoms with Crippen LogP contribution in [-0.2, 0) is 17.4 Å². The first-order chi connectivity index (χ1) is 15.2. The fourth-order valence-corrected chi connectivity index (χ4v) is 3.11. The maximum atomic E-state index is 12.8. The Bertz CT molecular complexity index is 917. The van der Waals surface area contributed by atoms with Crippen LogP contribution in [0, 0.1) is 5.82 Å². The lowest BCUT2D eigenvalue weighted by molar-refractivity contribution is -0.139. The monoisotopic (exact) mass is 473 g/mol. The van der Waals surface area contributed by atoms with E-state index in [4.69, 9.17) is 11.6 Å². The van der Waals surface area contributed by atoms with E-state index in [1.165, 1.54) is 11.1 Å². The zero-order valence-corrected chi connectivity index (χ0v) is 19.3. The van der Waals surface area contributed by atoms with Gasteiger partial charge in [-0.2, -0.15) is 13.2 Å². The number of nitrogens with one attached hydrogen (secondary N) is 1. The molecule has 1 amide bonds. The van der Waals surface area contributed by atoms with Gasteiger partial charge in [-0.3, -0.25) is 9.78 Å². The second kappa shape index (κ2) is 13.2. The third-order valence-corrected chi connectivity index (χ3v) is 4.81. The molecule has 32 heavy (non-hydrogen) atoms. The molecule has 0 aliphatic carbocycles. The molecule has 0 saturated heterocycles. The molecule has 1 N–H and O–H groups in total. The van der Waals surface area contributed by atoms with Crippen LogP contribution in [0.25, 0.3) is 5.57 Å². The highest BCUT2D eigenvalue weighted by atomic mass is 35.5. The van der Waals surface area contributed by atoms with Gasteiger partial charge in [-0.15, -0.1) is 0 Å². The Kier molecular flexibility index (Phi) is 11.4. The Labute approximate surface area is 191 Å². The van der Waals surface area contributed by atoms with E-state index in [2.05, 4.69) is 29.9 Å². The minimum absolute atomic E-state index is 0.0227. The molecular weight excluding hydrogens is 446 g/mol. The van der Waals surface area contributed by atoms with Crippen LogP contribution >= 0.6 is 11.6 Å². The summed E-state index contributed by atoms with van der Waals surface area (Å²) in [6, 6.07) is 4.18. The molecular formula is C23H28ClF4N3O. The third kappa shape index (κ3) is 8.24. The number of likely N-dealkylation sites (N-methyl/N-ethyl adjacent to an activating group) is 1. The first kappa shape index (κ1) is 27.6. The first-order valence-electron chi connectivity index (χ1n) is 10.2. The minimum Gasteiger partial charge on any atom is -0.329 e. The second-order valence-corrected chi connectivity index (χ2v) is 7.13. The van der Waals surface area contributed by atoms with Gasteiger partial charge in [-0.1, -0.05) is 38.4 Å². The molecule has 0 bridgehead atoms. The summed E-state index contributed by atoms with van der Waals surface area (Å²) < 4.78 is 48.9. The number of amides is 1. The standard InChI is InChI=1S/C13H17ClN2.C8H5F4NO.C2H6/c1-3-10-8-12(14)13(15-9-10)11-4-6-16(2)7-5-11;9-7-3-5(13-4-14)1-2-6(7)8(10,11)12;1-2/h4,8-9H,3,5-7H2,1-2H3;1-4H,(H,13,14);1-2H3. The Balaban J connectivity index is 0.000000300. The van der Waals surface area contributed by atoms with Crippen molar-refractivity contribution < 1.29 is 22.4 Å². The molecule has 0 saturated carbocycles. The molecule has 3 rings (SSSR count). The summed E-state index contributed by atoms with van der Waals surface area (Å²) in [4.78, 5) is 16.7. The highest BCUT2D eigenvalue weighted by molar-refractivity contribution is 6.32. The van der Waals surface area contributed by atoms with Crippen molar-refractivity contribution in [1.82, 2.24) is 9.88 Å². The number of rotatable bonds is 4. The topological polar surface area (TPSA) is 45.2 Å². The third-order valence-electron chi connectivity index (χ3n) is 4.52. The van der Waals surface area contributed by atoms with Crippen molar-refractivity contribution in [1.29, 1.82) is 0 Å². The van der Waals surface area contributed by atoms with E-state index in [1.807, 2.05) is 31.4 Å². The number of halogens is 5. The summed E-state index contributed by atoms with van der Waals surface area (Å²) in [5, 5.41) is 2.83. The summed E-state index contributed by atoms with van der Waals surface area (Å²) in [5.41, 5.74) is 2.07. The van der Waals surface area contributed by atoms with E-state index in [1.54, 1.807) is 0 Å². The van der Waals surface area contributed by atoms with Crippen LogP contribution in [0.5, 0.6) is 0 Å². The molecule has 4 nitrogen and oxygen atoms in total. The zero-order chi connectivity index (χ0) is 24.3. The smallest absolute Gasteiger partial charge is 0.329 e. The van der Waals surface area contributed by atoms with E-state index < -0.39 is 17.6 Å². The molecule has 1 aliphatic heterocycles. The van der Waals surface area contributed by atoms with Crippen LogP contribution in [0.3, 0.4) is 0 Å². The lowest BCUT2D eigenvalue weighted by atomic mass is 10.0. The number of hydrogen-bond donors (Lipinski definition) is 1. The number of carbonyl (C=O) groups is 1. The van der Waals surface area contributed by atoms with Crippen molar-refractivity contribution >= 4 is 29.3 Å². The zero-order valence-electron chi connectivity index (χ0n) is 18.6. The average Bonchev–Trinajstić information content (AvgIpc) is 2.76. The van der Waals surface area contributed by atoms with Gasteiger partial charge < -0.3 is 10.2 Å². The number of hydrogen-bond acceptors (Lipinski definition) is 3. The van der Waals surface area contributed by atoms with E-state index in [9.17, 15) is 22.4 Å². The summed E-state index contributed by atoms with van der Waals surface area (Å²) in [6.07, 6.45) is 1.71. The number of carbonyl (C=O) groups excluding carboxylic acids is 1. The van der Waals surface area contributed by atoms with Crippen LogP contribution in [-0.4, -0.2) is 36.4 Å². The highest BCUT2D eigenvalue weighted by Crippen LogP contribution is 2.32. The van der Waals surface area contributed by atoms with E-state index in [0.29, 0.717) is 12.1 Å². The Hall–Kier alpha value is -2.45. The van der Waals surface area contributed by atoms with Gasteiger partial charge in [0.15, 0.2) is 0 Å². The predicted molar refractivity (Wildman–Crippen MR) is 121 cm³/mol. The van der Waals surface area contributed by atoms with Gasteiger partial charge in [0.1, 0.15) is 5.82 Å². The number of benzene rings is 1. The molecule has 0 atom stereocenters. The van der Waals surface area contributed by atoms with Crippen molar-refractivity contribution in [2.45, 2.75) is 39.8 Å². The average molecular weight is 474 g/mol. The molecule has 0 spiro atoms. The summed E-state index contributed by atoms with van der Waals surface area (Å²) in [7, 11) is 2.13. The molecule has 2 aromatic rings. The summed E-state index contributed by atoms with van der Waals surface area (Å²) >= 11 is 6.26. The van der Waals surface area contributed by atoms with Gasteiger partial charge in [-0.25, -0.2) is 4.39 Å². The van der Waals surface area contributed by atoms with Crippen LogP contribution in [0.1, 0.15) is 44.0 Å². The SMILES string of the molecule is CC.CCc1cnc(C2=CCN(C)CC2)c(Cl)c1.O=CNc1ccc(C(F)(F)F)c(F)c1. The number of aromatic nitrogens is 1. The van der Waals surface area contributed by atoms with Crippen LogP contribution in [0.4, 0.5) is 23.2 Å². The number of pyridine rings is 1. The molecule has 9 heteroatoms. The molecule has 176 valence electrons. The Morgan fingerprint density at radius 1 is 1.25 bits per heavy atom. The van der Waals surface area contributed by atoms with E-state index >= 15 is 0 Å². The first-order valence-corrected chi connectivity index (χ1v) is 10.6. The number of alkyl halides is 3. The van der Waals surface area contributed by atoms with Crippen molar-refractivity contribution in [3.8, 4) is 0 Å². The van der Waals surface area contributed by atoms with Crippen molar-refractivity contribution in [3.05, 3.63) is 64.2 Å². The lowest BCUT2D eigenvalue weighted by Crippen LogP contribution is -2.23. The number of nitrogens with zero attached hydrogens (tertiary/aromatic N) is 2. The maximum absolute atomic E-state index is 12.8. The van der Waals surface area contributed by atoms with E-state index in [0.717, 1.165) is 42.7 Å². The number of anilines is 1. The van der Waals surface area contributed by atoms with Crippen LogP contribution in [0.15, 0.2) is 36.5 Å². The molecule has 0 radical (unpaired) electrons. The van der Waals surface area contributed by atoms with Crippen molar-refractivity contribution in [3.63, 3.8) is 0 Å².